The Balaban J connectivity index is 1.89. The zero-order valence-corrected chi connectivity index (χ0v) is 12.8. The van der Waals surface area contributed by atoms with E-state index in [1.54, 1.807) is 11.8 Å². The Hall–Kier alpha value is -1.00. The van der Waals surface area contributed by atoms with Crippen molar-refractivity contribution in [1.29, 1.82) is 0 Å². The number of esters is 1. The Morgan fingerprint density at radius 2 is 2.05 bits per heavy atom. The molecule has 20 heavy (non-hydrogen) atoms. The average Bonchev–Trinajstić information content (AvgIpc) is 2.88. The van der Waals surface area contributed by atoms with Crippen LogP contribution in [0.3, 0.4) is 0 Å². The molecule has 3 nitrogen and oxygen atoms in total. The van der Waals surface area contributed by atoms with E-state index in [2.05, 4.69) is 35.8 Å². The highest BCUT2D eigenvalue weighted by molar-refractivity contribution is 7.98. The lowest BCUT2D eigenvalue weighted by Crippen LogP contribution is -2.48. The predicted octanol–water partition coefficient (Wildman–Crippen LogP) is 2.81. The van der Waals surface area contributed by atoms with Gasteiger partial charge in [-0.25, -0.2) is 0 Å². The first-order valence-electron chi connectivity index (χ1n) is 7.20. The standard InChI is InChI=1S/C16H21NO2S/c1-19-16(18)15-13(9-11-5-8-14(15)17-11)10-3-6-12(20-2)7-4-10/h3-4,6-7,11,13-15,17H,5,8-9H2,1-2H3/t11?,13-,14?,15+/m1/s1. The van der Waals surface area contributed by atoms with Crippen molar-refractivity contribution in [1.82, 2.24) is 5.32 Å². The first-order valence-corrected chi connectivity index (χ1v) is 8.43. The number of thioether (sulfide) groups is 1. The van der Waals surface area contributed by atoms with Gasteiger partial charge in [-0.2, -0.15) is 0 Å². The summed E-state index contributed by atoms with van der Waals surface area (Å²) in [7, 11) is 1.50. The van der Waals surface area contributed by atoms with Gasteiger partial charge in [-0.05, 0) is 43.2 Å². The third-order valence-electron chi connectivity index (χ3n) is 4.70. The number of fused-ring (bicyclic) bond motifs is 2. The molecule has 2 saturated heterocycles. The number of rotatable bonds is 3. The molecule has 2 unspecified atom stereocenters. The van der Waals surface area contributed by atoms with Crippen molar-refractivity contribution in [2.24, 2.45) is 5.92 Å². The molecule has 1 aromatic carbocycles. The van der Waals surface area contributed by atoms with Crippen molar-refractivity contribution in [3.63, 3.8) is 0 Å². The zero-order chi connectivity index (χ0) is 14.1. The monoisotopic (exact) mass is 291 g/mol. The smallest absolute Gasteiger partial charge is 0.310 e. The first kappa shape index (κ1) is 14.0. The van der Waals surface area contributed by atoms with Crippen LogP contribution in [0.2, 0.25) is 0 Å². The Kier molecular flexibility index (Phi) is 4.03. The number of ether oxygens (including phenoxy) is 1. The van der Waals surface area contributed by atoms with Crippen molar-refractivity contribution in [3.05, 3.63) is 29.8 Å². The van der Waals surface area contributed by atoms with Gasteiger partial charge in [0.1, 0.15) is 0 Å². The maximum Gasteiger partial charge on any atom is 0.310 e. The summed E-state index contributed by atoms with van der Waals surface area (Å²) in [6.07, 6.45) is 5.38. The van der Waals surface area contributed by atoms with Crippen LogP contribution in [0.5, 0.6) is 0 Å². The summed E-state index contributed by atoms with van der Waals surface area (Å²) in [5.41, 5.74) is 1.27. The van der Waals surface area contributed by atoms with E-state index in [0.717, 1.165) is 12.8 Å². The number of hydrogen-bond donors (Lipinski definition) is 1. The second kappa shape index (κ2) is 5.78. The number of carbonyl (C=O) groups is 1. The van der Waals surface area contributed by atoms with Crippen LogP contribution in [0.1, 0.15) is 30.7 Å². The summed E-state index contributed by atoms with van der Waals surface area (Å²) in [5, 5.41) is 3.57. The molecule has 2 fully saturated rings. The van der Waals surface area contributed by atoms with Gasteiger partial charge in [0, 0.05) is 22.9 Å². The van der Waals surface area contributed by atoms with Gasteiger partial charge in [-0.15, -0.1) is 11.8 Å². The Labute approximate surface area is 124 Å². The van der Waals surface area contributed by atoms with Crippen LogP contribution in [0.4, 0.5) is 0 Å². The molecule has 2 aliphatic rings. The quantitative estimate of drug-likeness (QED) is 0.686. The minimum absolute atomic E-state index is 0.0427. The van der Waals surface area contributed by atoms with Gasteiger partial charge in [0.2, 0.25) is 0 Å². The number of nitrogens with one attached hydrogen (secondary N) is 1. The lowest BCUT2D eigenvalue weighted by molar-refractivity contribution is -0.148. The molecule has 0 amide bonds. The van der Waals surface area contributed by atoms with Gasteiger partial charge in [0.25, 0.3) is 0 Å². The molecule has 1 N–H and O–H groups in total. The van der Waals surface area contributed by atoms with Crippen LogP contribution < -0.4 is 5.32 Å². The van der Waals surface area contributed by atoms with Gasteiger partial charge in [0.05, 0.1) is 13.0 Å². The predicted molar refractivity (Wildman–Crippen MR) is 81.0 cm³/mol. The lowest BCUT2D eigenvalue weighted by Gasteiger charge is -2.36. The fraction of sp³-hybridized carbons (Fsp3) is 0.562. The molecule has 108 valence electrons. The van der Waals surface area contributed by atoms with Crippen molar-refractivity contribution in [2.45, 2.75) is 42.2 Å². The van der Waals surface area contributed by atoms with E-state index < -0.39 is 0 Å². The number of carbonyl (C=O) groups excluding carboxylic acids is 1. The maximum atomic E-state index is 12.2. The molecule has 2 aliphatic heterocycles. The molecule has 2 bridgehead atoms. The molecule has 0 aliphatic carbocycles. The van der Waals surface area contributed by atoms with E-state index in [1.807, 2.05) is 0 Å². The Morgan fingerprint density at radius 1 is 1.30 bits per heavy atom. The zero-order valence-electron chi connectivity index (χ0n) is 12.0. The molecule has 0 radical (unpaired) electrons. The molecule has 3 rings (SSSR count). The third-order valence-corrected chi connectivity index (χ3v) is 5.44. The largest absolute Gasteiger partial charge is 0.469 e. The fourth-order valence-corrected chi connectivity index (χ4v) is 4.12. The molecular formula is C16H21NO2S. The van der Waals surface area contributed by atoms with Crippen LogP contribution in [-0.2, 0) is 9.53 Å². The summed E-state index contributed by atoms with van der Waals surface area (Å²) < 4.78 is 5.05. The summed E-state index contributed by atoms with van der Waals surface area (Å²) >= 11 is 1.75. The van der Waals surface area contributed by atoms with E-state index >= 15 is 0 Å². The van der Waals surface area contributed by atoms with Crippen LogP contribution in [0, 0.1) is 5.92 Å². The SMILES string of the molecule is COC(=O)[C@@H]1C2CCC(C[C@@H]1c1ccc(SC)cc1)N2. The molecule has 0 aromatic heterocycles. The normalized spacial score (nSPS) is 32.1. The molecular weight excluding hydrogens is 270 g/mol. The molecule has 4 heteroatoms. The first-order chi connectivity index (χ1) is 9.72. The number of benzene rings is 1. The van der Waals surface area contributed by atoms with Crippen molar-refractivity contribution in [2.75, 3.05) is 13.4 Å². The minimum Gasteiger partial charge on any atom is -0.469 e. The number of hydrogen-bond acceptors (Lipinski definition) is 4. The number of methoxy groups -OCH3 is 1. The summed E-state index contributed by atoms with van der Waals surface area (Å²) in [6.45, 7) is 0. The van der Waals surface area contributed by atoms with E-state index in [-0.39, 0.29) is 23.8 Å². The van der Waals surface area contributed by atoms with Gasteiger partial charge in [-0.3, -0.25) is 4.79 Å². The summed E-state index contributed by atoms with van der Waals surface area (Å²) in [4.78, 5) is 13.5. The average molecular weight is 291 g/mol. The van der Waals surface area contributed by atoms with Gasteiger partial charge in [0.15, 0.2) is 0 Å². The third kappa shape index (κ3) is 2.47. The Bertz CT molecular complexity index is 488. The van der Waals surface area contributed by atoms with Crippen molar-refractivity contribution >= 4 is 17.7 Å². The van der Waals surface area contributed by atoms with E-state index in [0.29, 0.717) is 6.04 Å². The molecule has 0 saturated carbocycles. The maximum absolute atomic E-state index is 12.2. The van der Waals surface area contributed by atoms with Gasteiger partial charge >= 0.3 is 5.97 Å². The number of piperidine rings is 1. The molecule has 2 heterocycles. The second-order valence-corrected chi connectivity index (χ2v) is 6.59. The summed E-state index contributed by atoms with van der Waals surface area (Å²) in [5.74, 6) is 0.178. The van der Waals surface area contributed by atoms with Crippen molar-refractivity contribution in [3.8, 4) is 0 Å². The molecule has 0 spiro atoms. The van der Waals surface area contributed by atoms with Crippen LogP contribution in [-0.4, -0.2) is 31.4 Å². The van der Waals surface area contributed by atoms with E-state index in [9.17, 15) is 4.79 Å². The second-order valence-electron chi connectivity index (χ2n) is 5.71. The minimum atomic E-state index is -0.0678. The Morgan fingerprint density at radius 3 is 2.70 bits per heavy atom. The van der Waals surface area contributed by atoms with Crippen LogP contribution >= 0.6 is 11.8 Å². The highest BCUT2D eigenvalue weighted by Gasteiger charge is 2.46. The van der Waals surface area contributed by atoms with Gasteiger partial charge < -0.3 is 10.1 Å². The lowest BCUT2D eigenvalue weighted by atomic mass is 9.77. The van der Waals surface area contributed by atoms with E-state index in [1.165, 1.54) is 24.0 Å². The molecule has 4 atom stereocenters. The summed E-state index contributed by atoms with van der Waals surface area (Å²) in [6, 6.07) is 9.50. The van der Waals surface area contributed by atoms with Crippen LogP contribution in [0.25, 0.3) is 0 Å². The highest BCUT2D eigenvalue weighted by atomic mass is 32.2. The van der Waals surface area contributed by atoms with Crippen molar-refractivity contribution < 1.29 is 9.53 Å². The molecule has 1 aromatic rings. The topological polar surface area (TPSA) is 38.3 Å². The van der Waals surface area contributed by atoms with E-state index in [4.69, 9.17) is 4.74 Å². The van der Waals surface area contributed by atoms with Gasteiger partial charge in [-0.1, -0.05) is 12.1 Å². The van der Waals surface area contributed by atoms with Crippen LogP contribution in [0.15, 0.2) is 29.2 Å². The highest BCUT2D eigenvalue weighted by Crippen LogP contribution is 2.42. The fourth-order valence-electron chi connectivity index (χ4n) is 3.71.